The summed E-state index contributed by atoms with van der Waals surface area (Å²) in [6.07, 6.45) is 6.58. The molecule has 1 aromatic heterocycles. The number of aromatic nitrogens is 1. The number of primary amides is 1. The van der Waals surface area contributed by atoms with Crippen LogP contribution in [0, 0.1) is 6.92 Å². The number of rotatable bonds is 8. The molecule has 3 N–H and O–H groups in total. The zero-order chi connectivity index (χ0) is 23.9. The number of nitrogens with one attached hydrogen (secondary N) is 1. The first kappa shape index (κ1) is 23.5. The zero-order valence-corrected chi connectivity index (χ0v) is 19.9. The lowest BCUT2D eigenvalue weighted by atomic mass is 10.1. The smallest absolute Gasteiger partial charge is 0.248 e. The normalized spacial score (nSPS) is 13.7. The second-order valence-electron chi connectivity index (χ2n) is 8.15. The number of carbonyl (C=O) groups excluding carboxylic acids is 2. The molecule has 7 nitrogen and oxygen atoms in total. The van der Waals surface area contributed by atoms with E-state index in [0.29, 0.717) is 23.6 Å². The number of hydrogen-bond acceptors (Lipinski definition) is 6. The van der Waals surface area contributed by atoms with Gasteiger partial charge in [0.1, 0.15) is 12.4 Å². The largest absolute Gasteiger partial charge is 0.487 e. The molecule has 4 rings (SSSR count). The number of ether oxygens (including phenoxy) is 1. The predicted octanol–water partition coefficient (Wildman–Crippen LogP) is 4.77. The number of hydrogen-bond donors (Lipinski definition) is 2. The van der Waals surface area contributed by atoms with Crippen LogP contribution in [0.25, 0.3) is 6.08 Å². The summed E-state index contributed by atoms with van der Waals surface area (Å²) in [4.78, 5) is 31.2. The first-order valence-corrected chi connectivity index (χ1v) is 12.2. The van der Waals surface area contributed by atoms with Crippen LogP contribution in [0.15, 0.2) is 53.9 Å². The molecular formula is C26H28N4O3S. The number of amides is 2. The predicted molar refractivity (Wildman–Crippen MR) is 136 cm³/mol. The van der Waals surface area contributed by atoms with Crippen LogP contribution in [-0.4, -0.2) is 29.9 Å². The van der Waals surface area contributed by atoms with Gasteiger partial charge in [-0.1, -0.05) is 18.2 Å². The number of thiazole rings is 1. The molecule has 176 valence electrons. The highest BCUT2D eigenvalue weighted by atomic mass is 32.1. The van der Waals surface area contributed by atoms with Gasteiger partial charge in [0.05, 0.1) is 22.1 Å². The summed E-state index contributed by atoms with van der Waals surface area (Å²) in [5.41, 5.74) is 8.96. The summed E-state index contributed by atoms with van der Waals surface area (Å²) < 4.78 is 5.93. The van der Waals surface area contributed by atoms with Crippen LogP contribution >= 0.6 is 11.3 Å². The lowest BCUT2D eigenvalue weighted by Crippen LogP contribution is -2.30. The van der Waals surface area contributed by atoms with E-state index in [4.69, 9.17) is 10.5 Å². The van der Waals surface area contributed by atoms with E-state index in [1.165, 1.54) is 12.5 Å². The Hall–Kier alpha value is -3.65. The second kappa shape index (κ2) is 11.0. The van der Waals surface area contributed by atoms with Gasteiger partial charge in [0.15, 0.2) is 0 Å². The van der Waals surface area contributed by atoms with E-state index in [9.17, 15) is 9.59 Å². The average Bonchev–Trinajstić information content (AvgIpc) is 3.27. The monoisotopic (exact) mass is 476 g/mol. The van der Waals surface area contributed by atoms with E-state index in [0.717, 1.165) is 47.9 Å². The lowest BCUT2D eigenvalue weighted by molar-refractivity contribution is -0.111. The Balaban J connectivity index is 1.48. The topological polar surface area (TPSA) is 97.5 Å². The standard InChI is InChI=1S/C26H28N4O3S/c1-18-28-21(17-34-18)16-33-24-8-4-3-7-19(24)10-12-25(31)29-22-15-20(26(27)32)9-11-23(22)30-13-5-2-6-14-30/h3-4,7-12,15,17H,2,5-6,13-14,16H2,1H3,(H2,27,32)(H,29,31). The summed E-state index contributed by atoms with van der Waals surface area (Å²) in [6.45, 7) is 4.15. The van der Waals surface area contributed by atoms with Crippen molar-refractivity contribution in [2.45, 2.75) is 32.8 Å². The number of nitrogens with two attached hydrogens (primary N) is 1. The Morgan fingerprint density at radius 3 is 2.71 bits per heavy atom. The molecule has 1 fully saturated rings. The molecule has 0 aliphatic carbocycles. The highest BCUT2D eigenvalue weighted by Gasteiger charge is 2.17. The number of carbonyl (C=O) groups is 2. The molecule has 0 saturated carbocycles. The van der Waals surface area contributed by atoms with Crippen LogP contribution in [0.3, 0.4) is 0 Å². The first-order chi connectivity index (χ1) is 16.5. The van der Waals surface area contributed by atoms with Gasteiger partial charge in [0, 0.05) is 35.7 Å². The molecule has 0 radical (unpaired) electrons. The number of piperidine rings is 1. The van der Waals surface area contributed by atoms with E-state index in [-0.39, 0.29) is 5.91 Å². The highest BCUT2D eigenvalue weighted by Crippen LogP contribution is 2.30. The van der Waals surface area contributed by atoms with Gasteiger partial charge in [0.2, 0.25) is 11.8 Å². The van der Waals surface area contributed by atoms with Gasteiger partial charge < -0.3 is 20.7 Å². The minimum atomic E-state index is -0.530. The van der Waals surface area contributed by atoms with Gasteiger partial charge in [-0.3, -0.25) is 9.59 Å². The molecule has 1 saturated heterocycles. The molecule has 0 spiro atoms. The zero-order valence-electron chi connectivity index (χ0n) is 19.1. The molecule has 1 aliphatic rings. The Kier molecular flexibility index (Phi) is 7.59. The van der Waals surface area contributed by atoms with Crippen molar-refractivity contribution in [1.29, 1.82) is 0 Å². The SMILES string of the molecule is Cc1nc(COc2ccccc2C=CC(=O)Nc2cc(C(N)=O)ccc2N2CCCCC2)cs1. The van der Waals surface area contributed by atoms with Crippen molar-refractivity contribution < 1.29 is 14.3 Å². The third-order valence-electron chi connectivity index (χ3n) is 5.61. The van der Waals surface area contributed by atoms with Crippen molar-refractivity contribution >= 4 is 40.6 Å². The van der Waals surface area contributed by atoms with E-state index >= 15 is 0 Å². The molecule has 2 heterocycles. The number of benzene rings is 2. The number of aryl methyl sites for hydroxylation is 1. The molecule has 0 bridgehead atoms. The molecule has 34 heavy (non-hydrogen) atoms. The van der Waals surface area contributed by atoms with Gasteiger partial charge in [-0.05, 0) is 56.5 Å². The maximum Gasteiger partial charge on any atom is 0.248 e. The van der Waals surface area contributed by atoms with E-state index in [1.807, 2.05) is 42.6 Å². The van der Waals surface area contributed by atoms with Gasteiger partial charge in [-0.15, -0.1) is 11.3 Å². The van der Waals surface area contributed by atoms with Gasteiger partial charge in [0.25, 0.3) is 0 Å². The number of nitrogens with zero attached hydrogens (tertiary/aromatic N) is 2. The molecule has 1 aliphatic heterocycles. The van der Waals surface area contributed by atoms with E-state index < -0.39 is 5.91 Å². The third-order valence-corrected chi connectivity index (χ3v) is 6.43. The highest BCUT2D eigenvalue weighted by molar-refractivity contribution is 7.09. The maximum atomic E-state index is 12.8. The Morgan fingerprint density at radius 2 is 1.97 bits per heavy atom. The quantitative estimate of drug-likeness (QED) is 0.457. The number of para-hydroxylation sites is 1. The maximum absolute atomic E-state index is 12.8. The summed E-state index contributed by atoms with van der Waals surface area (Å²) in [6, 6.07) is 12.7. The molecule has 8 heteroatoms. The molecule has 2 aromatic carbocycles. The molecule has 0 unspecified atom stereocenters. The minimum Gasteiger partial charge on any atom is -0.487 e. The van der Waals surface area contributed by atoms with Crippen LogP contribution < -0.4 is 20.7 Å². The fourth-order valence-electron chi connectivity index (χ4n) is 3.92. The fraction of sp³-hybridized carbons (Fsp3) is 0.269. The van der Waals surface area contributed by atoms with Crippen LogP contribution in [0.5, 0.6) is 5.75 Å². The lowest BCUT2D eigenvalue weighted by Gasteiger charge is -2.30. The Labute approximate surface area is 203 Å². The molecule has 2 amide bonds. The van der Waals surface area contributed by atoms with Crippen molar-refractivity contribution in [3.05, 3.63) is 75.7 Å². The summed E-state index contributed by atoms with van der Waals surface area (Å²) >= 11 is 1.58. The summed E-state index contributed by atoms with van der Waals surface area (Å²) in [5.74, 6) is -0.163. The van der Waals surface area contributed by atoms with Crippen molar-refractivity contribution in [2.24, 2.45) is 5.73 Å². The summed E-state index contributed by atoms with van der Waals surface area (Å²) in [5, 5.41) is 5.90. The fourth-order valence-corrected chi connectivity index (χ4v) is 4.51. The van der Waals surface area contributed by atoms with Crippen LogP contribution in [0.4, 0.5) is 11.4 Å². The minimum absolute atomic E-state index is 0.301. The van der Waals surface area contributed by atoms with Crippen molar-refractivity contribution in [3.63, 3.8) is 0 Å². The van der Waals surface area contributed by atoms with Gasteiger partial charge in [-0.25, -0.2) is 4.98 Å². The van der Waals surface area contributed by atoms with Gasteiger partial charge >= 0.3 is 0 Å². The molecule has 0 atom stereocenters. The second-order valence-corrected chi connectivity index (χ2v) is 9.21. The number of anilines is 2. The van der Waals surface area contributed by atoms with E-state index in [2.05, 4.69) is 15.2 Å². The Morgan fingerprint density at radius 1 is 1.18 bits per heavy atom. The van der Waals surface area contributed by atoms with Crippen molar-refractivity contribution in [2.75, 3.05) is 23.3 Å². The Bertz CT molecular complexity index is 1200. The van der Waals surface area contributed by atoms with Crippen molar-refractivity contribution in [3.8, 4) is 5.75 Å². The first-order valence-electron chi connectivity index (χ1n) is 11.3. The van der Waals surface area contributed by atoms with Crippen LogP contribution in [0.1, 0.15) is 45.9 Å². The third kappa shape index (κ3) is 6.02. The van der Waals surface area contributed by atoms with Crippen LogP contribution in [0.2, 0.25) is 0 Å². The average molecular weight is 477 g/mol. The van der Waals surface area contributed by atoms with Crippen LogP contribution in [-0.2, 0) is 11.4 Å². The molecule has 3 aromatic rings. The summed E-state index contributed by atoms with van der Waals surface area (Å²) in [7, 11) is 0. The van der Waals surface area contributed by atoms with Gasteiger partial charge in [-0.2, -0.15) is 0 Å². The van der Waals surface area contributed by atoms with Crippen molar-refractivity contribution in [1.82, 2.24) is 4.98 Å². The molecular weight excluding hydrogens is 448 g/mol. The van der Waals surface area contributed by atoms with E-state index in [1.54, 1.807) is 29.5 Å².